The molecule has 2 unspecified atom stereocenters. The van der Waals surface area contributed by atoms with Gasteiger partial charge in [0.25, 0.3) is 5.91 Å². The number of ether oxygens (including phenoxy) is 4. The van der Waals surface area contributed by atoms with Crippen molar-refractivity contribution in [2.45, 2.75) is 38.8 Å². The second-order valence-electron chi connectivity index (χ2n) is 7.63. The van der Waals surface area contributed by atoms with Crippen molar-refractivity contribution in [2.75, 3.05) is 47.6 Å². The van der Waals surface area contributed by atoms with Gasteiger partial charge in [-0.15, -0.1) is 0 Å². The summed E-state index contributed by atoms with van der Waals surface area (Å²) in [6, 6.07) is 5.06. The summed E-state index contributed by atoms with van der Waals surface area (Å²) in [7, 11) is 4.61. The third-order valence-corrected chi connectivity index (χ3v) is 5.21. The molecule has 8 nitrogen and oxygen atoms in total. The van der Waals surface area contributed by atoms with E-state index in [1.807, 2.05) is 18.7 Å². The fourth-order valence-corrected chi connectivity index (χ4v) is 3.76. The van der Waals surface area contributed by atoms with E-state index in [0.717, 1.165) is 6.42 Å². The van der Waals surface area contributed by atoms with E-state index in [1.165, 1.54) is 7.11 Å². The molecule has 1 aliphatic rings. The zero-order valence-corrected chi connectivity index (χ0v) is 18.6. The van der Waals surface area contributed by atoms with Crippen LogP contribution in [0.3, 0.4) is 0 Å². The first-order valence-electron chi connectivity index (χ1n) is 10.3. The molecule has 0 spiro atoms. The summed E-state index contributed by atoms with van der Waals surface area (Å²) >= 11 is 0. The highest BCUT2D eigenvalue weighted by Gasteiger charge is 2.35. The third kappa shape index (κ3) is 6.09. The molecular formula is C22H34N2O6. The summed E-state index contributed by atoms with van der Waals surface area (Å²) in [6.07, 6.45) is 1.30. The van der Waals surface area contributed by atoms with Crippen molar-refractivity contribution < 1.29 is 28.5 Å². The summed E-state index contributed by atoms with van der Waals surface area (Å²) in [5.74, 6) is 0.479. The molecule has 1 heterocycles. The van der Waals surface area contributed by atoms with Crippen LogP contribution in [0.25, 0.3) is 0 Å². The van der Waals surface area contributed by atoms with Crippen molar-refractivity contribution in [2.24, 2.45) is 5.92 Å². The van der Waals surface area contributed by atoms with Gasteiger partial charge in [-0.3, -0.25) is 9.59 Å². The Morgan fingerprint density at radius 2 is 1.90 bits per heavy atom. The first-order valence-corrected chi connectivity index (χ1v) is 10.3. The highest BCUT2D eigenvalue weighted by atomic mass is 16.5. The molecule has 1 aromatic rings. The van der Waals surface area contributed by atoms with Gasteiger partial charge in [0, 0.05) is 50.9 Å². The lowest BCUT2D eigenvalue weighted by atomic mass is 9.93. The maximum Gasteiger partial charge on any atom is 0.310 e. The van der Waals surface area contributed by atoms with Gasteiger partial charge in [0.2, 0.25) is 0 Å². The number of rotatable bonds is 10. The van der Waals surface area contributed by atoms with E-state index in [4.69, 9.17) is 18.9 Å². The van der Waals surface area contributed by atoms with Gasteiger partial charge >= 0.3 is 5.97 Å². The van der Waals surface area contributed by atoms with E-state index in [-0.39, 0.29) is 29.9 Å². The van der Waals surface area contributed by atoms with Gasteiger partial charge in [-0.05, 0) is 38.5 Å². The van der Waals surface area contributed by atoms with E-state index in [1.54, 1.807) is 32.4 Å². The van der Waals surface area contributed by atoms with Crippen molar-refractivity contribution in [3.8, 4) is 11.5 Å². The molecule has 168 valence electrons. The summed E-state index contributed by atoms with van der Waals surface area (Å²) in [5, 5.41) is 3.26. The molecule has 1 N–H and O–H groups in total. The number of carbonyl (C=O) groups excluding carboxylic acids is 2. The van der Waals surface area contributed by atoms with Gasteiger partial charge in [-0.2, -0.15) is 0 Å². The van der Waals surface area contributed by atoms with Crippen molar-refractivity contribution in [3.63, 3.8) is 0 Å². The highest BCUT2D eigenvalue weighted by molar-refractivity contribution is 5.95. The van der Waals surface area contributed by atoms with Crippen LogP contribution in [0, 0.1) is 5.92 Å². The number of nitrogens with zero attached hydrogens (tertiary/aromatic N) is 1. The predicted molar refractivity (Wildman–Crippen MR) is 113 cm³/mol. The van der Waals surface area contributed by atoms with Crippen molar-refractivity contribution in [1.29, 1.82) is 0 Å². The molecular weight excluding hydrogens is 388 g/mol. The van der Waals surface area contributed by atoms with Gasteiger partial charge < -0.3 is 29.2 Å². The summed E-state index contributed by atoms with van der Waals surface area (Å²) < 4.78 is 21.1. The van der Waals surface area contributed by atoms with Crippen LogP contribution in [0.1, 0.15) is 37.0 Å². The molecule has 2 rings (SSSR count). The largest absolute Gasteiger partial charge is 0.493 e. The van der Waals surface area contributed by atoms with Crippen LogP contribution in [0.15, 0.2) is 18.2 Å². The minimum atomic E-state index is -0.265. The molecule has 0 bridgehead atoms. The molecule has 0 radical (unpaired) electrons. The maximum absolute atomic E-state index is 13.4. The lowest BCUT2D eigenvalue weighted by Gasteiger charge is -2.39. The maximum atomic E-state index is 13.4. The smallest absolute Gasteiger partial charge is 0.310 e. The number of carbonyl (C=O) groups is 2. The second kappa shape index (κ2) is 11.8. The fourth-order valence-electron chi connectivity index (χ4n) is 3.76. The van der Waals surface area contributed by atoms with Crippen LogP contribution in [0.2, 0.25) is 0 Å². The molecule has 1 saturated heterocycles. The number of esters is 1. The van der Waals surface area contributed by atoms with Crippen molar-refractivity contribution in [1.82, 2.24) is 10.2 Å². The Bertz CT molecular complexity index is 709. The lowest BCUT2D eigenvalue weighted by Crippen LogP contribution is -2.54. The van der Waals surface area contributed by atoms with Gasteiger partial charge in [0.15, 0.2) is 11.5 Å². The zero-order chi connectivity index (χ0) is 22.1. The average Bonchev–Trinajstić information content (AvgIpc) is 2.76. The SMILES string of the molecule is COCCCOc1cc(C(=O)N(C(C)C)C2CNCC(C(=O)OC)C2)ccc1OC. The van der Waals surface area contributed by atoms with E-state index < -0.39 is 0 Å². The van der Waals surface area contributed by atoms with E-state index in [2.05, 4.69) is 5.32 Å². The van der Waals surface area contributed by atoms with Gasteiger partial charge in [-0.25, -0.2) is 0 Å². The zero-order valence-electron chi connectivity index (χ0n) is 18.6. The van der Waals surface area contributed by atoms with E-state index in [9.17, 15) is 9.59 Å². The summed E-state index contributed by atoms with van der Waals surface area (Å²) in [6.45, 7) is 6.21. The van der Waals surface area contributed by atoms with Crippen LogP contribution < -0.4 is 14.8 Å². The van der Waals surface area contributed by atoms with Crippen molar-refractivity contribution in [3.05, 3.63) is 23.8 Å². The number of benzene rings is 1. The number of methoxy groups -OCH3 is 3. The molecule has 1 aromatic carbocycles. The minimum Gasteiger partial charge on any atom is -0.493 e. The van der Waals surface area contributed by atoms with Gasteiger partial charge in [-0.1, -0.05) is 0 Å². The number of hydrogen-bond acceptors (Lipinski definition) is 7. The Morgan fingerprint density at radius 1 is 1.13 bits per heavy atom. The monoisotopic (exact) mass is 422 g/mol. The predicted octanol–water partition coefficient (Wildman–Crippen LogP) is 2.11. The number of nitrogens with one attached hydrogen (secondary N) is 1. The van der Waals surface area contributed by atoms with Crippen LogP contribution >= 0.6 is 0 Å². The molecule has 0 aliphatic carbocycles. The second-order valence-corrected chi connectivity index (χ2v) is 7.63. The molecule has 30 heavy (non-hydrogen) atoms. The number of piperidine rings is 1. The average molecular weight is 423 g/mol. The van der Waals surface area contributed by atoms with Gasteiger partial charge in [0.05, 0.1) is 26.7 Å². The third-order valence-electron chi connectivity index (χ3n) is 5.21. The van der Waals surface area contributed by atoms with E-state index in [0.29, 0.717) is 49.8 Å². The first-order chi connectivity index (χ1) is 14.4. The fraction of sp³-hybridized carbons (Fsp3) is 0.636. The molecule has 1 amide bonds. The Morgan fingerprint density at radius 3 is 2.53 bits per heavy atom. The minimum absolute atomic E-state index is 0.0335. The van der Waals surface area contributed by atoms with Gasteiger partial charge in [0.1, 0.15) is 0 Å². The normalized spacial score (nSPS) is 18.7. The lowest BCUT2D eigenvalue weighted by molar-refractivity contribution is -0.146. The quantitative estimate of drug-likeness (QED) is 0.456. The Balaban J connectivity index is 2.21. The molecule has 1 aliphatic heterocycles. The van der Waals surface area contributed by atoms with Crippen molar-refractivity contribution >= 4 is 11.9 Å². The Hall–Kier alpha value is -2.32. The Labute approximate surface area is 178 Å². The summed E-state index contributed by atoms with van der Waals surface area (Å²) in [4.78, 5) is 27.3. The molecule has 1 fully saturated rings. The standard InChI is InChI=1S/C22H34N2O6/c1-15(2)24(18-11-17(13-23-14-18)22(26)29-5)21(25)16-7-8-19(28-4)20(12-16)30-10-6-9-27-3/h7-8,12,15,17-18,23H,6,9-11,13-14H2,1-5H3. The van der Waals surface area contributed by atoms with Crippen LogP contribution in [0.5, 0.6) is 11.5 Å². The van der Waals surface area contributed by atoms with E-state index >= 15 is 0 Å². The molecule has 8 heteroatoms. The first kappa shape index (κ1) is 24.0. The molecule has 2 atom stereocenters. The summed E-state index contributed by atoms with van der Waals surface area (Å²) in [5.41, 5.74) is 0.520. The topological polar surface area (TPSA) is 86.3 Å². The van der Waals surface area contributed by atoms with Crippen LogP contribution in [-0.2, 0) is 14.3 Å². The number of hydrogen-bond donors (Lipinski definition) is 1. The van der Waals surface area contributed by atoms with Crippen LogP contribution in [0.4, 0.5) is 0 Å². The molecule has 0 saturated carbocycles. The molecule has 0 aromatic heterocycles. The Kier molecular flexibility index (Phi) is 9.39. The number of amides is 1. The van der Waals surface area contributed by atoms with Crippen LogP contribution in [-0.4, -0.2) is 76.5 Å². The highest BCUT2D eigenvalue weighted by Crippen LogP contribution is 2.30.